The van der Waals surface area contributed by atoms with Gasteiger partial charge in [-0.3, -0.25) is 4.90 Å². The molecule has 0 spiro atoms. The zero-order chi connectivity index (χ0) is 13.0. The van der Waals surface area contributed by atoms with E-state index in [1.54, 1.807) is 6.07 Å². The fraction of sp³-hybridized carbons (Fsp3) is 0.231. The number of nitrogens with zero attached hydrogens (tertiary/aromatic N) is 3. The predicted molar refractivity (Wildman–Crippen MR) is 76.4 cm³/mol. The lowest BCUT2D eigenvalue weighted by atomic mass is 10.2. The van der Waals surface area contributed by atoms with Gasteiger partial charge in [0.15, 0.2) is 5.15 Å². The molecule has 94 valence electrons. The van der Waals surface area contributed by atoms with Gasteiger partial charge in [0.05, 0.1) is 5.69 Å². The molecule has 0 aliphatic carbocycles. The number of halogens is 2. The highest BCUT2D eigenvalue weighted by Crippen LogP contribution is 2.13. The standard InChI is InChI=1S/C13H13BrClN3/c1-18(8-10-3-2-4-11(14)7-10)9-12-5-6-13(15)17-16-12/h2-7H,8-9H2,1H3. The van der Waals surface area contributed by atoms with E-state index in [0.717, 1.165) is 23.3 Å². The molecule has 3 nitrogen and oxygen atoms in total. The molecule has 1 aromatic heterocycles. The van der Waals surface area contributed by atoms with Gasteiger partial charge in [-0.25, -0.2) is 0 Å². The summed E-state index contributed by atoms with van der Waals surface area (Å²) in [5.41, 5.74) is 2.17. The van der Waals surface area contributed by atoms with E-state index < -0.39 is 0 Å². The number of hydrogen-bond acceptors (Lipinski definition) is 3. The van der Waals surface area contributed by atoms with Gasteiger partial charge in [-0.05, 0) is 36.9 Å². The Morgan fingerprint density at radius 1 is 1.17 bits per heavy atom. The van der Waals surface area contributed by atoms with Crippen LogP contribution >= 0.6 is 27.5 Å². The first kappa shape index (κ1) is 13.5. The Bertz CT molecular complexity index is 516. The van der Waals surface area contributed by atoms with E-state index in [2.05, 4.69) is 50.2 Å². The molecule has 18 heavy (non-hydrogen) atoms. The molecule has 0 amide bonds. The summed E-state index contributed by atoms with van der Waals surface area (Å²) in [5, 5.41) is 8.30. The van der Waals surface area contributed by atoms with Gasteiger partial charge in [-0.15, -0.1) is 5.10 Å². The SMILES string of the molecule is CN(Cc1cccc(Br)c1)Cc1ccc(Cl)nn1. The monoisotopic (exact) mass is 325 g/mol. The Balaban J connectivity index is 1.96. The van der Waals surface area contributed by atoms with Gasteiger partial charge in [0.25, 0.3) is 0 Å². The van der Waals surface area contributed by atoms with Crippen molar-refractivity contribution < 1.29 is 0 Å². The number of rotatable bonds is 4. The molecule has 0 radical (unpaired) electrons. The van der Waals surface area contributed by atoms with Gasteiger partial charge in [-0.2, -0.15) is 5.10 Å². The van der Waals surface area contributed by atoms with Crippen molar-refractivity contribution in [2.45, 2.75) is 13.1 Å². The van der Waals surface area contributed by atoms with E-state index >= 15 is 0 Å². The summed E-state index contributed by atoms with van der Waals surface area (Å²) in [6, 6.07) is 11.9. The lowest BCUT2D eigenvalue weighted by molar-refractivity contribution is 0.314. The van der Waals surface area contributed by atoms with Crippen molar-refractivity contribution in [1.82, 2.24) is 15.1 Å². The summed E-state index contributed by atoms with van der Waals surface area (Å²) in [5.74, 6) is 0. The summed E-state index contributed by atoms with van der Waals surface area (Å²) in [4.78, 5) is 2.18. The highest BCUT2D eigenvalue weighted by atomic mass is 79.9. The van der Waals surface area contributed by atoms with Gasteiger partial charge in [-0.1, -0.05) is 39.7 Å². The minimum absolute atomic E-state index is 0.424. The van der Waals surface area contributed by atoms with Crippen LogP contribution in [-0.4, -0.2) is 22.1 Å². The maximum Gasteiger partial charge on any atom is 0.151 e. The largest absolute Gasteiger partial charge is 0.296 e. The summed E-state index contributed by atoms with van der Waals surface area (Å²) >= 11 is 9.17. The molecular formula is C13H13BrClN3. The van der Waals surface area contributed by atoms with E-state index in [1.807, 2.05) is 18.2 Å². The van der Waals surface area contributed by atoms with Crippen LogP contribution in [0, 0.1) is 0 Å². The molecule has 1 heterocycles. The molecule has 5 heteroatoms. The van der Waals surface area contributed by atoms with E-state index in [1.165, 1.54) is 5.56 Å². The van der Waals surface area contributed by atoms with Crippen LogP contribution in [0.15, 0.2) is 40.9 Å². The molecule has 2 aromatic rings. The highest BCUT2D eigenvalue weighted by Gasteiger charge is 2.04. The Kier molecular flexibility index (Phi) is 4.69. The predicted octanol–water partition coefficient (Wildman–Crippen LogP) is 3.52. The van der Waals surface area contributed by atoms with Gasteiger partial charge < -0.3 is 0 Å². The molecule has 0 aliphatic heterocycles. The van der Waals surface area contributed by atoms with Crippen molar-refractivity contribution in [3.8, 4) is 0 Å². The highest BCUT2D eigenvalue weighted by molar-refractivity contribution is 9.10. The van der Waals surface area contributed by atoms with Crippen LogP contribution < -0.4 is 0 Å². The third kappa shape index (κ3) is 4.05. The van der Waals surface area contributed by atoms with Gasteiger partial charge in [0, 0.05) is 17.6 Å². The second-order valence-electron chi connectivity index (χ2n) is 4.15. The smallest absolute Gasteiger partial charge is 0.151 e. The maximum atomic E-state index is 5.70. The van der Waals surface area contributed by atoms with Crippen LogP contribution in [0.1, 0.15) is 11.3 Å². The quantitative estimate of drug-likeness (QED) is 0.861. The van der Waals surface area contributed by atoms with Crippen LogP contribution in [0.25, 0.3) is 0 Å². The molecule has 2 rings (SSSR count). The number of aromatic nitrogens is 2. The Labute approximate surface area is 120 Å². The summed E-state index contributed by atoms with van der Waals surface area (Å²) in [6.45, 7) is 1.61. The number of hydrogen-bond donors (Lipinski definition) is 0. The fourth-order valence-electron chi connectivity index (χ4n) is 1.71. The molecule has 0 bridgehead atoms. The zero-order valence-electron chi connectivity index (χ0n) is 9.98. The van der Waals surface area contributed by atoms with Crippen molar-refractivity contribution >= 4 is 27.5 Å². The van der Waals surface area contributed by atoms with Crippen LogP contribution in [0.3, 0.4) is 0 Å². The van der Waals surface area contributed by atoms with Gasteiger partial charge in [0.2, 0.25) is 0 Å². The topological polar surface area (TPSA) is 29.0 Å². The number of benzene rings is 1. The molecule has 0 N–H and O–H groups in total. The van der Waals surface area contributed by atoms with Crippen molar-refractivity contribution in [2.24, 2.45) is 0 Å². The second-order valence-corrected chi connectivity index (χ2v) is 5.45. The molecule has 0 fully saturated rings. The van der Waals surface area contributed by atoms with Crippen molar-refractivity contribution in [3.63, 3.8) is 0 Å². The normalized spacial score (nSPS) is 10.9. The Morgan fingerprint density at radius 2 is 2.00 bits per heavy atom. The maximum absolute atomic E-state index is 5.70. The molecular weight excluding hydrogens is 314 g/mol. The first-order valence-corrected chi connectivity index (χ1v) is 6.71. The van der Waals surface area contributed by atoms with Gasteiger partial charge in [0.1, 0.15) is 0 Å². The van der Waals surface area contributed by atoms with Crippen LogP contribution in [0.5, 0.6) is 0 Å². The lowest BCUT2D eigenvalue weighted by Gasteiger charge is -2.16. The fourth-order valence-corrected chi connectivity index (χ4v) is 2.25. The average molecular weight is 327 g/mol. The Morgan fingerprint density at radius 3 is 2.67 bits per heavy atom. The second kappa shape index (κ2) is 6.27. The van der Waals surface area contributed by atoms with Gasteiger partial charge >= 0.3 is 0 Å². The molecule has 0 saturated carbocycles. The van der Waals surface area contributed by atoms with E-state index in [0.29, 0.717) is 5.15 Å². The van der Waals surface area contributed by atoms with Crippen LogP contribution in [0.2, 0.25) is 5.15 Å². The molecule has 0 saturated heterocycles. The first-order valence-electron chi connectivity index (χ1n) is 5.54. The minimum atomic E-state index is 0.424. The molecule has 1 aromatic carbocycles. The summed E-state index contributed by atoms with van der Waals surface area (Å²) in [7, 11) is 2.05. The van der Waals surface area contributed by atoms with Crippen LogP contribution in [0.4, 0.5) is 0 Å². The minimum Gasteiger partial charge on any atom is -0.296 e. The van der Waals surface area contributed by atoms with E-state index in [4.69, 9.17) is 11.6 Å². The lowest BCUT2D eigenvalue weighted by Crippen LogP contribution is -2.18. The molecule has 0 unspecified atom stereocenters. The van der Waals surface area contributed by atoms with Crippen molar-refractivity contribution in [3.05, 3.63) is 57.3 Å². The van der Waals surface area contributed by atoms with E-state index in [9.17, 15) is 0 Å². The van der Waals surface area contributed by atoms with Crippen molar-refractivity contribution in [2.75, 3.05) is 7.05 Å². The molecule has 0 atom stereocenters. The van der Waals surface area contributed by atoms with Crippen molar-refractivity contribution in [1.29, 1.82) is 0 Å². The zero-order valence-corrected chi connectivity index (χ0v) is 12.3. The van der Waals surface area contributed by atoms with E-state index in [-0.39, 0.29) is 0 Å². The summed E-state index contributed by atoms with van der Waals surface area (Å²) in [6.07, 6.45) is 0. The Hall–Kier alpha value is -0.970. The first-order chi connectivity index (χ1) is 8.63. The average Bonchev–Trinajstić information content (AvgIpc) is 2.32. The molecule has 0 aliphatic rings. The van der Waals surface area contributed by atoms with Crippen LogP contribution in [-0.2, 0) is 13.1 Å². The third-order valence-corrected chi connectivity index (χ3v) is 3.16. The summed E-state index contributed by atoms with van der Waals surface area (Å²) < 4.78 is 1.10. The third-order valence-electron chi connectivity index (χ3n) is 2.46.